The fraction of sp³-hybridized carbons (Fsp3) is 0.417. The molecule has 4 nitrogen and oxygen atoms in total. The summed E-state index contributed by atoms with van der Waals surface area (Å²) in [6.07, 6.45) is 6.41. The van der Waals surface area contributed by atoms with Gasteiger partial charge in [0.05, 0.1) is 7.11 Å². The van der Waals surface area contributed by atoms with Crippen LogP contribution in [-0.2, 0) is 6.42 Å². The lowest BCUT2D eigenvalue weighted by Gasteiger charge is -2.31. The Kier molecular flexibility index (Phi) is 6.42. The second kappa shape index (κ2) is 8.80. The number of hydrogen-bond donors (Lipinski definition) is 1. The molecule has 0 fully saturated rings. The van der Waals surface area contributed by atoms with Gasteiger partial charge in [0, 0.05) is 36.8 Å². The van der Waals surface area contributed by atoms with E-state index < -0.39 is 0 Å². The van der Waals surface area contributed by atoms with E-state index in [1.165, 1.54) is 5.56 Å². The van der Waals surface area contributed by atoms with Crippen molar-refractivity contribution in [2.75, 3.05) is 20.7 Å². The van der Waals surface area contributed by atoms with Gasteiger partial charge in [0.15, 0.2) is 0 Å². The van der Waals surface area contributed by atoms with Gasteiger partial charge in [-0.3, -0.25) is 5.43 Å². The number of benzene rings is 2. The van der Waals surface area contributed by atoms with Gasteiger partial charge < -0.3 is 9.47 Å². The number of nitrogens with zero attached hydrogens (tertiary/aromatic N) is 1. The van der Waals surface area contributed by atoms with Gasteiger partial charge >= 0.3 is 0 Å². The Bertz CT molecular complexity index is 815. The monoisotopic (exact) mass is 380 g/mol. The van der Waals surface area contributed by atoms with Crippen LogP contribution in [0.25, 0.3) is 6.08 Å². The first kappa shape index (κ1) is 20.4. The Hall–Kier alpha value is -2.30. The number of ether oxygens (including phenoxy) is 2. The van der Waals surface area contributed by atoms with Crippen LogP contribution in [0.5, 0.6) is 11.5 Å². The zero-order valence-electron chi connectivity index (χ0n) is 17.7. The highest BCUT2D eigenvalue weighted by Crippen LogP contribution is 2.39. The summed E-state index contributed by atoms with van der Waals surface area (Å²) in [6, 6.07) is 15.0. The average molecular weight is 381 g/mol. The van der Waals surface area contributed by atoms with Gasteiger partial charge in [0.2, 0.25) is 0 Å². The quantitative estimate of drug-likeness (QED) is 0.516. The molecule has 2 aromatic rings. The average Bonchev–Trinajstić information content (AvgIpc) is 2.69. The van der Waals surface area contributed by atoms with Gasteiger partial charge in [-0.2, -0.15) is 0 Å². The molecule has 0 aromatic heterocycles. The smallest absolute Gasteiger partial charge is 0.131 e. The van der Waals surface area contributed by atoms with Crippen LogP contribution in [0.2, 0.25) is 0 Å². The third-order valence-corrected chi connectivity index (χ3v) is 5.28. The maximum absolute atomic E-state index is 6.08. The lowest BCUT2D eigenvalue weighted by molar-refractivity contribution is 0.156. The molecule has 1 aliphatic heterocycles. The molecule has 2 aromatic carbocycles. The first-order valence-corrected chi connectivity index (χ1v) is 10.00. The summed E-state index contributed by atoms with van der Waals surface area (Å²) < 4.78 is 11.8. The zero-order valence-corrected chi connectivity index (χ0v) is 17.7. The first-order chi connectivity index (χ1) is 13.4. The normalized spacial score (nSPS) is 15.8. The molecule has 1 atom stereocenters. The third kappa shape index (κ3) is 4.94. The molecule has 1 aliphatic rings. The number of hydrazine groups is 1. The van der Waals surface area contributed by atoms with Crippen molar-refractivity contribution < 1.29 is 9.47 Å². The summed E-state index contributed by atoms with van der Waals surface area (Å²) in [5, 5.41) is 2.16. The van der Waals surface area contributed by atoms with Gasteiger partial charge in [0.25, 0.3) is 0 Å². The fourth-order valence-corrected chi connectivity index (χ4v) is 3.46. The topological polar surface area (TPSA) is 33.7 Å². The molecule has 0 spiro atoms. The zero-order chi connectivity index (χ0) is 20.1. The Balaban J connectivity index is 1.63. The van der Waals surface area contributed by atoms with Crippen molar-refractivity contribution in [2.45, 2.75) is 45.3 Å². The van der Waals surface area contributed by atoms with E-state index in [9.17, 15) is 0 Å². The van der Waals surface area contributed by atoms with Crippen molar-refractivity contribution in [2.24, 2.45) is 0 Å². The van der Waals surface area contributed by atoms with E-state index in [4.69, 9.17) is 9.47 Å². The number of fused-ring (bicyclic) bond motifs is 1. The highest BCUT2D eigenvalue weighted by molar-refractivity contribution is 5.64. The molecule has 0 saturated carbocycles. The maximum Gasteiger partial charge on any atom is 0.131 e. The summed E-state index contributed by atoms with van der Waals surface area (Å²) >= 11 is 0. The minimum absolute atomic E-state index is 0.167. The minimum Gasteiger partial charge on any atom is -0.496 e. The van der Waals surface area contributed by atoms with Crippen LogP contribution in [-0.4, -0.2) is 31.3 Å². The van der Waals surface area contributed by atoms with Crippen LogP contribution in [0.3, 0.4) is 0 Å². The molecular formula is C24H32N2O2. The largest absolute Gasteiger partial charge is 0.496 e. The van der Waals surface area contributed by atoms with E-state index >= 15 is 0 Å². The van der Waals surface area contributed by atoms with Crippen molar-refractivity contribution in [3.63, 3.8) is 0 Å². The van der Waals surface area contributed by atoms with Gasteiger partial charge in [-0.25, -0.2) is 5.01 Å². The van der Waals surface area contributed by atoms with Crippen molar-refractivity contribution in [1.29, 1.82) is 0 Å². The van der Waals surface area contributed by atoms with Crippen LogP contribution in [0.1, 0.15) is 49.9 Å². The van der Waals surface area contributed by atoms with Crippen molar-refractivity contribution >= 4 is 6.08 Å². The van der Waals surface area contributed by atoms with E-state index in [-0.39, 0.29) is 11.6 Å². The number of rotatable bonds is 8. The standard InChI is InChI=1S/C24H32N2O2/c1-18(26(4)25-15-9-12-19-10-7-6-8-11-19)21-16-20-13-14-24(2,3)28-22(20)17-23(21)27-5/h6-8,10-11,13-14,16-18,25H,9,12,15H2,1-5H3. The van der Waals surface area contributed by atoms with Gasteiger partial charge in [-0.1, -0.05) is 36.4 Å². The molecule has 1 N–H and O–H groups in total. The predicted molar refractivity (Wildman–Crippen MR) is 116 cm³/mol. The third-order valence-electron chi connectivity index (χ3n) is 5.28. The second-order valence-corrected chi connectivity index (χ2v) is 7.95. The Morgan fingerprint density at radius 3 is 2.64 bits per heavy atom. The summed E-state index contributed by atoms with van der Waals surface area (Å²) in [6.45, 7) is 7.23. The predicted octanol–water partition coefficient (Wildman–Crippen LogP) is 5.01. The highest BCUT2D eigenvalue weighted by atomic mass is 16.5. The molecule has 150 valence electrons. The number of nitrogens with one attached hydrogen (secondary N) is 1. The van der Waals surface area contributed by atoms with E-state index in [2.05, 4.69) is 86.8 Å². The van der Waals surface area contributed by atoms with E-state index in [0.29, 0.717) is 0 Å². The summed E-state index contributed by atoms with van der Waals surface area (Å²) in [5.74, 6) is 1.73. The van der Waals surface area contributed by atoms with Crippen molar-refractivity contribution in [3.05, 3.63) is 65.2 Å². The molecule has 0 bridgehead atoms. The highest BCUT2D eigenvalue weighted by Gasteiger charge is 2.25. The lowest BCUT2D eigenvalue weighted by atomic mass is 9.97. The Labute approximate surface area is 169 Å². The molecule has 0 saturated heterocycles. The molecule has 0 amide bonds. The van der Waals surface area contributed by atoms with Gasteiger partial charge in [-0.15, -0.1) is 0 Å². The lowest BCUT2D eigenvalue weighted by Crippen LogP contribution is -2.37. The summed E-state index contributed by atoms with van der Waals surface area (Å²) in [7, 11) is 3.80. The number of hydrogen-bond acceptors (Lipinski definition) is 4. The molecule has 1 heterocycles. The van der Waals surface area contributed by atoms with Crippen LogP contribution >= 0.6 is 0 Å². The maximum atomic E-state index is 6.08. The van der Waals surface area contributed by atoms with Crippen LogP contribution in [0, 0.1) is 0 Å². The first-order valence-electron chi connectivity index (χ1n) is 10.00. The van der Waals surface area contributed by atoms with Gasteiger partial charge in [-0.05, 0) is 51.3 Å². The molecule has 28 heavy (non-hydrogen) atoms. The molecule has 1 unspecified atom stereocenters. The van der Waals surface area contributed by atoms with Gasteiger partial charge in [0.1, 0.15) is 17.1 Å². The van der Waals surface area contributed by atoms with E-state index in [0.717, 1.165) is 42.0 Å². The van der Waals surface area contributed by atoms with E-state index in [1.807, 2.05) is 6.07 Å². The van der Waals surface area contributed by atoms with E-state index in [1.54, 1.807) is 7.11 Å². The minimum atomic E-state index is -0.289. The molecule has 0 aliphatic carbocycles. The van der Waals surface area contributed by atoms with Crippen LogP contribution < -0.4 is 14.9 Å². The fourth-order valence-electron chi connectivity index (χ4n) is 3.46. The molecule has 3 rings (SSSR count). The number of methoxy groups -OCH3 is 1. The SMILES string of the molecule is COc1cc2c(cc1C(C)N(C)NCCCc1ccccc1)C=CC(C)(C)O2. The number of aryl methyl sites for hydroxylation is 1. The Morgan fingerprint density at radius 1 is 1.18 bits per heavy atom. The van der Waals surface area contributed by atoms with Crippen LogP contribution in [0.15, 0.2) is 48.5 Å². The summed E-state index contributed by atoms with van der Waals surface area (Å²) in [5.41, 5.74) is 6.86. The van der Waals surface area contributed by atoms with Crippen LogP contribution in [0.4, 0.5) is 0 Å². The van der Waals surface area contributed by atoms with Crippen molar-refractivity contribution in [3.8, 4) is 11.5 Å². The van der Waals surface area contributed by atoms with Crippen molar-refractivity contribution in [1.82, 2.24) is 10.4 Å². The summed E-state index contributed by atoms with van der Waals surface area (Å²) in [4.78, 5) is 0. The Morgan fingerprint density at radius 2 is 1.93 bits per heavy atom. The molecule has 4 heteroatoms. The molecular weight excluding hydrogens is 348 g/mol. The second-order valence-electron chi connectivity index (χ2n) is 7.95. The molecule has 0 radical (unpaired) electrons.